The molecule has 0 saturated carbocycles. The molecule has 98 valence electrons. The van der Waals surface area contributed by atoms with Crippen LogP contribution in [0, 0.1) is 0 Å². The van der Waals surface area contributed by atoms with Gasteiger partial charge in [-0.3, -0.25) is 0 Å². The van der Waals surface area contributed by atoms with E-state index in [1.54, 1.807) is 18.2 Å². The number of nitrogens with zero attached hydrogens (tertiary/aromatic N) is 2. The molecule has 1 aliphatic rings. The Labute approximate surface area is 124 Å². The second-order valence-corrected chi connectivity index (χ2v) is 5.05. The zero-order valence-electron chi connectivity index (χ0n) is 9.98. The minimum atomic E-state index is 0.374. The molecule has 0 atom stereocenters. The molecule has 1 heterocycles. The highest BCUT2D eigenvalue weighted by molar-refractivity contribution is 9.11. The first-order chi connectivity index (χ1) is 9.04. The van der Waals surface area contributed by atoms with Gasteiger partial charge in [0.05, 0.1) is 10.2 Å². The normalized spacial score (nSPS) is 17.7. The van der Waals surface area contributed by atoms with E-state index < -0.39 is 0 Å². The standard InChI is InChI=1S/C13H12BrClN4/c1-2-9(14)13-18-11(7-12(16)19(13)17)8-5-3-4-6-10(8)15/h2-7H,1,16-17H2/b13-9+. The van der Waals surface area contributed by atoms with E-state index in [1.807, 2.05) is 18.2 Å². The van der Waals surface area contributed by atoms with Crippen LogP contribution >= 0.6 is 27.5 Å². The first-order valence-corrected chi connectivity index (χ1v) is 6.59. The van der Waals surface area contributed by atoms with E-state index in [9.17, 15) is 0 Å². The lowest BCUT2D eigenvalue weighted by atomic mass is 10.1. The predicted octanol–water partition coefficient (Wildman–Crippen LogP) is 2.87. The summed E-state index contributed by atoms with van der Waals surface area (Å²) >= 11 is 9.50. The summed E-state index contributed by atoms with van der Waals surface area (Å²) in [6, 6.07) is 7.41. The number of rotatable bonds is 2. The van der Waals surface area contributed by atoms with Crippen LogP contribution in [0.15, 0.2) is 64.1 Å². The Morgan fingerprint density at radius 1 is 1.42 bits per heavy atom. The molecule has 19 heavy (non-hydrogen) atoms. The van der Waals surface area contributed by atoms with E-state index >= 15 is 0 Å². The molecule has 0 aliphatic carbocycles. The van der Waals surface area contributed by atoms with Gasteiger partial charge in [-0.25, -0.2) is 15.8 Å². The van der Waals surface area contributed by atoms with Crippen LogP contribution in [-0.4, -0.2) is 10.7 Å². The first kappa shape index (κ1) is 13.9. The lowest BCUT2D eigenvalue weighted by Crippen LogP contribution is -2.36. The number of halogens is 2. The van der Waals surface area contributed by atoms with Gasteiger partial charge in [-0.2, -0.15) is 0 Å². The number of aliphatic imine (C=N–C) groups is 1. The lowest BCUT2D eigenvalue weighted by Gasteiger charge is -2.24. The van der Waals surface area contributed by atoms with Crippen molar-refractivity contribution in [3.8, 4) is 0 Å². The van der Waals surface area contributed by atoms with Crippen LogP contribution in [0.25, 0.3) is 0 Å². The quantitative estimate of drug-likeness (QED) is 0.814. The van der Waals surface area contributed by atoms with Gasteiger partial charge in [0.25, 0.3) is 0 Å². The van der Waals surface area contributed by atoms with E-state index in [2.05, 4.69) is 27.5 Å². The number of hydrogen-bond donors (Lipinski definition) is 2. The minimum Gasteiger partial charge on any atom is -0.384 e. The van der Waals surface area contributed by atoms with Gasteiger partial charge in [0.1, 0.15) is 5.82 Å². The Kier molecular flexibility index (Phi) is 4.09. The van der Waals surface area contributed by atoms with Gasteiger partial charge in [0.15, 0.2) is 5.82 Å². The van der Waals surface area contributed by atoms with E-state index in [-0.39, 0.29) is 0 Å². The molecule has 0 radical (unpaired) electrons. The van der Waals surface area contributed by atoms with E-state index in [0.29, 0.717) is 26.9 Å². The van der Waals surface area contributed by atoms with Crippen molar-refractivity contribution in [2.24, 2.45) is 16.6 Å². The summed E-state index contributed by atoms with van der Waals surface area (Å²) in [6.45, 7) is 3.67. The summed E-state index contributed by atoms with van der Waals surface area (Å²) in [7, 11) is 0. The molecule has 0 aromatic heterocycles. The number of hydrazine groups is 1. The first-order valence-electron chi connectivity index (χ1n) is 5.42. The maximum Gasteiger partial charge on any atom is 0.163 e. The third kappa shape index (κ3) is 2.73. The lowest BCUT2D eigenvalue weighted by molar-refractivity contribution is 0.435. The Bertz CT molecular complexity index is 619. The molecule has 2 rings (SSSR count). The largest absolute Gasteiger partial charge is 0.384 e. The Balaban J connectivity index is 2.59. The zero-order chi connectivity index (χ0) is 14.0. The number of nitrogens with two attached hydrogens (primary N) is 2. The van der Waals surface area contributed by atoms with Crippen molar-refractivity contribution in [1.29, 1.82) is 0 Å². The van der Waals surface area contributed by atoms with Crippen molar-refractivity contribution in [3.63, 3.8) is 0 Å². The van der Waals surface area contributed by atoms with E-state index in [0.717, 1.165) is 5.56 Å². The van der Waals surface area contributed by atoms with Crippen LogP contribution in [-0.2, 0) is 0 Å². The van der Waals surface area contributed by atoms with E-state index in [4.69, 9.17) is 23.2 Å². The maximum absolute atomic E-state index is 6.16. The number of benzene rings is 1. The van der Waals surface area contributed by atoms with Gasteiger partial charge >= 0.3 is 0 Å². The summed E-state index contributed by atoms with van der Waals surface area (Å²) in [4.78, 5) is 4.45. The van der Waals surface area contributed by atoms with Crippen LogP contribution in [0.4, 0.5) is 0 Å². The highest BCUT2D eigenvalue weighted by atomic mass is 79.9. The Morgan fingerprint density at radius 3 is 2.74 bits per heavy atom. The van der Waals surface area contributed by atoms with Crippen molar-refractivity contribution in [3.05, 3.63) is 69.7 Å². The van der Waals surface area contributed by atoms with Gasteiger partial charge in [-0.1, -0.05) is 42.5 Å². The fourth-order valence-electron chi connectivity index (χ4n) is 1.60. The molecular weight excluding hydrogens is 328 g/mol. The molecule has 0 fully saturated rings. The van der Waals surface area contributed by atoms with E-state index in [1.165, 1.54) is 5.01 Å². The maximum atomic E-state index is 6.16. The molecule has 1 aromatic rings. The third-order valence-corrected chi connectivity index (χ3v) is 3.57. The summed E-state index contributed by atoms with van der Waals surface area (Å²) in [6.07, 6.45) is 3.27. The average Bonchev–Trinajstić information content (AvgIpc) is 2.41. The Hall–Kier alpha value is -1.56. The summed E-state index contributed by atoms with van der Waals surface area (Å²) in [5.74, 6) is 6.69. The van der Waals surface area contributed by atoms with Crippen LogP contribution in [0.1, 0.15) is 5.56 Å². The van der Waals surface area contributed by atoms with Gasteiger partial charge in [0.2, 0.25) is 0 Å². The molecule has 4 N–H and O–H groups in total. The molecule has 0 saturated heterocycles. The molecule has 0 bridgehead atoms. The molecule has 1 aliphatic heterocycles. The SMILES string of the molecule is C=C/C(Br)=C1/N=C(c2ccccc2Cl)C=C(N)N1N. The molecule has 0 unspecified atom stereocenters. The van der Waals surface area contributed by atoms with Crippen molar-refractivity contribution in [2.75, 3.05) is 0 Å². The summed E-state index contributed by atoms with van der Waals surface area (Å²) in [5.41, 5.74) is 7.33. The van der Waals surface area contributed by atoms with Crippen LogP contribution in [0.3, 0.4) is 0 Å². The number of allylic oxidation sites excluding steroid dienone is 3. The third-order valence-electron chi connectivity index (χ3n) is 2.56. The van der Waals surface area contributed by atoms with Crippen molar-refractivity contribution < 1.29 is 0 Å². The molecule has 6 heteroatoms. The zero-order valence-corrected chi connectivity index (χ0v) is 12.3. The molecule has 1 aromatic carbocycles. The van der Waals surface area contributed by atoms with Crippen molar-refractivity contribution >= 4 is 33.2 Å². The predicted molar refractivity (Wildman–Crippen MR) is 82.4 cm³/mol. The number of hydrogen-bond acceptors (Lipinski definition) is 4. The summed E-state index contributed by atoms with van der Waals surface area (Å²) in [5, 5.41) is 1.89. The van der Waals surface area contributed by atoms with Gasteiger partial charge in [-0.05, 0) is 22.0 Å². The highest BCUT2D eigenvalue weighted by Gasteiger charge is 2.19. The average molecular weight is 340 g/mol. The van der Waals surface area contributed by atoms with Gasteiger partial charge < -0.3 is 5.73 Å². The van der Waals surface area contributed by atoms with Crippen molar-refractivity contribution in [1.82, 2.24) is 5.01 Å². The molecule has 4 nitrogen and oxygen atoms in total. The Morgan fingerprint density at radius 2 is 2.11 bits per heavy atom. The fraction of sp³-hybridized carbons (Fsp3) is 0. The smallest absolute Gasteiger partial charge is 0.163 e. The van der Waals surface area contributed by atoms with Crippen molar-refractivity contribution in [2.45, 2.75) is 0 Å². The molecular formula is C13H12BrClN4. The monoisotopic (exact) mass is 338 g/mol. The van der Waals surface area contributed by atoms with Crippen LogP contribution in [0.2, 0.25) is 5.02 Å². The van der Waals surface area contributed by atoms with Gasteiger partial charge in [0, 0.05) is 16.7 Å². The highest BCUT2D eigenvalue weighted by Crippen LogP contribution is 2.25. The van der Waals surface area contributed by atoms with Crippen LogP contribution < -0.4 is 11.6 Å². The molecule has 0 spiro atoms. The summed E-state index contributed by atoms with van der Waals surface area (Å²) < 4.78 is 0.649. The minimum absolute atomic E-state index is 0.374. The second-order valence-electron chi connectivity index (χ2n) is 3.79. The topological polar surface area (TPSA) is 67.6 Å². The van der Waals surface area contributed by atoms with Gasteiger partial charge in [-0.15, -0.1) is 0 Å². The second kappa shape index (κ2) is 5.61. The van der Waals surface area contributed by atoms with Crippen LogP contribution in [0.5, 0.6) is 0 Å². The molecule has 0 amide bonds. The fourth-order valence-corrected chi connectivity index (χ4v) is 2.11.